The predicted octanol–water partition coefficient (Wildman–Crippen LogP) is 3.14. The number of anilines is 1. The second-order valence-corrected chi connectivity index (χ2v) is 9.34. The van der Waals surface area contributed by atoms with E-state index in [0.29, 0.717) is 24.1 Å². The van der Waals surface area contributed by atoms with E-state index in [0.717, 1.165) is 30.4 Å². The SMILES string of the molecule is Cn1cc(-c2ccc(-c3cnc(N(C4CC4)[C@@H]4C[C@H]5CC[C@H](N5)C4(F)F)nn3)c(O)c2)cn1. The summed E-state index contributed by atoms with van der Waals surface area (Å²) < 4.78 is 32.2. The van der Waals surface area contributed by atoms with Crippen LogP contribution in [0, 0.1) is 0 Å². The number of phenolic OH excluding ortho intramolecular Hbond substituents is 1. The number of aryl methyl sites for hydroxylation is 1. The van der Waals surface area contributed by atoms with Crippen LogP contribution in [0.25, 0.3) is 22.4 Å². The van der Waals surface area contributed by atoms with Crippen LogP contribution in [0.1, 0.15) is 32.1 Å². The third-order valence-electron chi connectivity index (χ3n) is 7.03. The molecule has 3 aromatic rings. The molecule has 2 aromatic heterocycles. The average molecular weight is 453 g/mol. The molecule has 2 aliphatic heterocycles. The lowest BCUT2D eigenvalue weighted by Gasteiger charge is -2.43. The first-order valence-electron chi connectivity index (χ1n) is 11.3. The van der Waals surface area contributed by atoms with Crippen molar-refractivity contribution in [3.05, 3.63) is 36.8 Å². The van der Waals surface area contributed by atoms with E-state index in [9.17, 15) is 5.11 Å². The topological polar surface area (TPSA) is 92.0 Å². The Balaban J connectivity index is 1.28. The first-order valence-corrected chi connectivity index (χ1v) is 11.3. The summed E-state index contributed by atoms with van der Waals surface area (Å²) in [7, 11) is 1.83. The van der Waals surface area contributed by atoms with Gasteiger partial charge in [0.05, 0.1) is 24.5 Å². The lowest BCUT2D eigenvalue weighted by molar-refractivity contribution is -0.0745. The van der Waals surface area contributed by atoms with Crippen LogP contribution < -0.4 is 10.2 Å². The number of alkyl halides is 2. The fourth-order valence-corrected chi connectivity index (χ4v) is 5.19. The molecule has 4 heterocycles. The Hall–Kier alpha value is -3.14. The number of fused-ring (bicyclic) bond motifs is 2. The monoisotopic (exact) mass is 453 g/mol. The molecule has 0 amide bonds. The lowest BCUT2D eigenvalue weighted by Crippen LogP contribution is -2.63. The Morgan fingerprint density at radius 2 is 1.97 bits per heavy atom. The van der Waals surface area contributed by atoms with Gasteiger partial charge in [0, 0.05) is 36.5 Å². The molecular weight excluding hydrogens is 428 g/mol. The Kier molecular flexibility index (Phi) is 4.62. The highest BCUT2D eigenvalue weighted by Crippen LogP contribution is 2.45. The minimum absolute atomic E-state index is 0.0261. The fourth-order valence-electron chi connectivity index (χ4n) is 5.19. The van der Waals surface area contributed by atoms with E-state index in [2.05, 4.69) is 25.6 Å². The van der Waals surface area contributed by atoms with Crippen molar-refractivity contribution in [2.24, 2.45) is 7.05 Å². The number of aromatic hydroxyl groups is 1. The number of piperidine rings is 1. The summed E-state index contributed by atoms with van der Waals surface area (Å²) in [6, 6.07) is 3.68. The molecule has 0 unspecified atom stereocenters. The van der Waals surface area contributed by atoms with Gasteiger partial charge in [-0.1, -0.05) is 6.07 Å². The van der Waals surface area contributed by atoms with Crippen molar-refractivity contribution >= 4 is 5.95 Å². The highest BCUT2D eigenvalue weighted by atomic mass is 19.3. The van der Waals surface area contributed by atoms with E-state index in [4.69, 9.17) is 0 Å². The molecule has 1 saturated carbocycles. The molecule has 0 radical (unpaired) electrons. The molecule has 1 aromatic carbocycles. The third-order valence-corrected chi connectivity index (χ3v) is 7.03. The summed E-state index contributed by atoms with van der Waals surface area (Å²) in [5, 5.41) is 26.3. The van der Waals surface area contributed by atoms with Crippen LogP contribution >= 0.6 is 0 Å². The number of halogens is 2. The van der Waals surface area contributed by atoms with Gasteiger partial charge in [-0.2, -0.15) is 5.10 Å². The molecule has 6 rings (SSSR count). The lowest BCUT2D eigenvalue weighted by atomic mass is 9.93. The van der Waals surface area contributed by atoms with Crippen LogP contribution in [0.15, 0.2) is 36.8 Å². The predicted molar refractivity (Wildman–Crippen MR) is 118 cm³/mol. The van der Waals surface area contributed by atoms with Crippen molar-refractivity contribution in [2.45, 2.75) is 62.2 Å². The molecule has 3 fully saturated rings. The number of hydrogen-bond donors (Lipinski definition) is 2. The number of benzene rings is 1. The highest BCUT2D eigenvalue weighted by molar-refractivity contribution is 5.73. The molecule has 2 N–H and O–H groups in total. The minimum atomic E-state index is -2.85. The van der Waals surface area contributed by atoms with Crippen molar-refractivity contribution in [2.75, 3.05) is 4.90 Å². The number of nitrogens with one attached hydrogen (secondary N) is 1. The average Bonchev–Trinajstić information content (AvgIpc) is 3.37. The second-order valence-electron chi connectivity index (χ2n) is 9.34. The molecule has 0 spiro atoms. The molecular formula is C23H25F2N7O. The normalized spacial score (nSPS) is 25.8. The minimum Gasteiger partial charge on any atom is -0.507 e. The molecule has 2 bridgehead atoms. The van der Waals surface area contributed by atoms with Gasteiger partial charge in [0.25, 0.3) is 5.92 Å². The zero-order valence-electron chi connectivity index (χ0n) is 18.2. The van der Waals surface area contributed by atoms with E-state index >= 15 is 8.78 Å². The van der Waals surface area contributed by atoms with Crippen LogP contribution in [0.2, 0.25) is 0 Å². The maximum absolute atomic E-state index is 15.2. The van der Waals surface area contributed by atoms with E-state index in [-0.39, 0.29) is 23.8 Å². The molecule has 10 heteroatoms. The molecule has 1 aliphatic carbocycles. The van der Waals surface area contributed by atoms with Gasteiger partial charge in [0.15, 0.2) is 0 Å². The number of aromatic nitrogens is 5. The molecule has 33 heavy (non-hydrogen) atoms. The maximum atomic E-state index is 15.2. The van der Waals surface area contributed by atoms with Crippen molar-refractivity contribution in [1.82, 2.24) is 30.3 Å². The Morgan fingerprint density at radius 3 is 2.64 bits per heavy atom. The summed E-state index contributed by atoms with van der Waals surface area (Å²) in [5.41, 5.74) is 2.58. The Morgan fingerprint density at radius 1 is 1.12 bits per heavy atom. The van der Waals surface area contributed by atoms with Crippen LogP contribution in [0.5, 0.6) is 5.75 Å². The first kappa shape index (κ1) is 20.5. The number of rotatable bonds is 5. The van der Waals surface area contributed by atoms with Crippen LogP contribution in [-0.2, 0) is 7.05 Å². The summed E-state index contributed by atoms with van der Waals surface area (Å²) >= 11 is 0. The van der Waals surface area contributed by atoms with Gasteiger partial charge in [-0.15, -0.1) is 10.2 Å². The Labute approximate surface area is 189 Å². The Bertz CT molecular complexity index is 1180. The molecule has 8 nitrogen and oxygen atoms in total. The third kappa shape index (κ3) is 3.52. The van der Waals surface area contributed by atoms with Crippen LogP contribution in [-0.4, -0.2) is 60.2 Å². The quantitative estimate of drug-likeness (QED) is 0.613. The van der Waals surface area contributed by atoms with Gasteiger partial charge < -0.3 is 15.3 Å². The van der Waals surface area contributed by atoms with Crippen molar-refractivity contribution < 1.29 is 13.9 Å². The number of phenols is 1. The fraction of sp³-hybridized carbons (Fsp3) is 0.478. The van der Waals surface area contributed by atoms with Crippen molar-refractivity contribution in [1.29, 1.82) is 0 Å². The highest BCUT2D eigenvalue weighted by Gasteiger charge is 2.58. The summed E-state index contributed by atoms with van der Waals surface area (Å²) in [5.74, 6) is -2.57. The van der Waals surface area contributed by atoms with Gasteiger partial charge in [-0.05, 0) is 49.8 Å². The maximum Gasteiger partial charge on any atom is 0.283 e. The zero-order chi connectivity index (χ0) is 22.7. The van der Waals surface area contributed by atoms with Gasteiger partial charge in [-0.25, -0.2) is 13.8 Å². The largest absolute Gasteiger partial charge is 0.507 e. The van der Waals surface area contributed by atoms with E-state index in [1.807, 2.05) is 19.3 Å². The van der Waals surface area contributed by atoms with E-state index in [1.165, 1.54) is 6.20 Å². The summed E-state index contributed by atoms with van der Waals surface area (Å²) in [4.78, 5) is 6.13. The molecule has 3 atom stereocenters. The van der Waals surface area contributed by atoms with Crippen molar-refractivity contribution in [3.8, 4) is 28.1 Å². The smallest absolute Gasteiger partial charge is 0.283 e. The van der Waals surface area contributed by atoms with Gasteiger partial charge in [0.2, 0.25) is 5.95 Å². The van der Waals surface area contributed by atoms with E-state index < -0.39 is 18.0 Å². The standard InChI is InChI=1S/C23H25F2N7O/c1-31-12-14(10-27-31)13-2-6-17(19(33)8-13)18-11-26-22(30-29-18)32(16-4-5-16)21-9-15-3-7-20(28-15)23(21,24)25/h2,6,8,10-12,15-16,20-21,28,33H,3-5,7,9H2,1H3/t15-,20+,21-/m1/s1. The zero-order valence-corrected chi connectivity index (χ0v) is 18.2. The summed E-state index contributed by atoms with van der Waals surface area (Å²) in [6.45, 7) is 0. The van der Waals surface area contributed by atoms with E-state index in [1.54, 1.807) is 27.9 Å². The van der Waals surface area contributed by atoms with Crippen LogP contribution in [0.4, 0.5) is 14.7 Å². The first-order chi connectivity index (χ1) is 15.9. The molecule has 2 saturated heterocycles. The number of nitrogens with zero attached hydrogens (tertiary/aromatic N) is 6. The van der Waals surface area contributed by atoms with Gasteiger partial charge in [0.1, 0.15) is 11.4 Å². The van der Waals surface area contributed by atoms with Gasteiger partial charge >= 0.3 is 0 Å². The second kappa shape index (κ2) is 7.44. The van der Waals surface area contributed by atoms with Crippen LogP contribution in [0.3, 0.4) is 0 Å². The van der Waals surface area contributed by atoms with Crippen molar-refractivity contribution in [3.63, 3.8) is 0 Å². The molecule has 3 aliphatic rings. The number of hydrogen-bond acceptors (Lipinski definition) is 7. The molecule has 172 valence electrons. The van der Waals surface area contributed by atoms with Gasteiger partial charge in [-0.3, -0.25) is 4.68 Å². The summed E-state index contributed by atoms with van der Waals surface area (Å²) in [6.07, 6.45) is 8.46.